The van der Waals surface area contributed by atoms with Crippen LogP contribution in [0.2, 0.25) is 0 Å². The molecule has 0 radical (unpaired) electrons. The molecule has 0 N–H and O–H groups in total. The monoisotopic (exact) mass is 152 g/mol. The van der Waals surface area contributed by atoms with Crippen LogP contribution in [0.5, 0.6) is 0 Å². The van der Waals surface area contributed by atoms with Crippen LogP contribution in [0, 0.1) is 0 Å². The van der Waals surface area contributed by atoms with Crippen LogP contribution in [0.3, 0.4) is 0 Å². The van der Waals surface area contributed by atoms with Gasteiger partial charge in [0.05, 0.1) is 0 Å². The largest absolute Gasteiger partial charge is 0.559 e. The topological polar surface area (TPSA) is 34.1 Å². The van der Waals surface area contributed by atoms with E-state index in [-0.39, 0.29) is 0 Å². The Hall–Kier alpha value is -0.460. The molecule has 0 aromatic carbocycles. The molecule has 0 spiro atoms. The van der Waals surface area contributed by atoms with Gasteiger partial charge in [0.2, 0.25) is 0 Å². The summed E-state index contributed by atoms with van der Waals surface area (Å²) < 4.78 is 55.3. The third-order valence-electron chi connectivity index (χ3n) is 0. The minimum atomic E-state index is -5.50. The molecule has 0 fully saturated rings. The standard InChI is InChI=1S/CF4.O2S/c2-1(3,4)5;1-3-2. The highest BCUT2D eigenvalue weighted by Gasteiger charge is 2.24. The van der Waals surface area contributed by atoms with Crippen molar-refractivity contribution in [1.29, 1.82) is 0 Å². The fraction of sp³-hybridized carbons (Fsp3) is 1.00. The zero-order chi connectivity index (χ0) is 7.21. The highest BCUT2D eigenvalue weighted by Crippen LogP contribution is 2.13. The smallest absolute Gasteiger partial charge is 0.168 e. The van der Waals surface area contributed by atoms with Crippen LogP contribution in [-0.2, 0) is 11.6 Å². The van der Waals surface area contributed by atoms with Crippen molar-refractivity contribution in [2.45, 2.75) is 6.43 Å². The Labute approximate surface area is 45.1 Å². The van der Waals surface area contributed by atoms with Crippen molar-refractivity contribution in [2.24, 2.45) is 0 Å². The fourth-order valence-electron chi connectivity index (χ4n) is 0. The molecule has 0 aliphatic heterocycles. The van der Waals surface area contributed by atoms with Gasteiger partial charge in [-0.3, -0.25) is 0 Å². The van der Waals surface area contributed by atoms with Crippen LogP contribution in [0.15, 0.2) is 0 Å². The Morgan fingerprint density at radius 2 is 1.00 bits per heavy atom. The molecule has 0 saturated carbocycles. The Bertz CT molecular complexity index is 74.5. The lowest BCUT2D eigenvalue weighted by Crippen LogP contribution is -1.92. The number of rotatable bonds is 0. The van der Waals surface area contributed by atoms with Crippen LogP contribution in [-0.4, -0.2) is 14.8 Å². The highest BCUT2D eigenvalue weighted by atomic mass is 32.1. The SMILES string of the molecule is FC(F)(F)F.O=S=O. The molecule has 0 amide bonds. The van der Waals surface area contributed by atoms with Gasteiger partial charge in [0, 0.05) is 0 Å². The van der Waals surface area contributed by atoms with Gasteiger partial charge < -0.3 is 0 Å². The summed E-state index contributed by atoms with van der Waals surface area (Å²) in [6.45, 7) is 0. The van der Waals surface area contributed by atoms with Crippen LogP contribution >= 0.6 is 0 Å². The molecule has 0 aromatic heterocycles. The first-order valence-electron chi connectivity index (χ1n) is 1.09. The molecule has 50 valence electrons. The quantitative estimate of drug-likeness (QED) is 0.481. The zero-order valence-electron chi connectivity index (χ0n) is 3.24. The molecule has 0 saturated heterocycles. The molecule has 0 aliphatic carbocycles. The third-order valence-corrected chi connectivity index (χ3v) is 0. The Balaban J connectivity index is 0. The van der Waals surface area contributed by atoms with Gasteiger partial charge in [0.15, 0.2) is 0 Å². The molecule has 0 rings (SSSR count). The van der Waals surface area contributed by atoms with Gasteiger partial charge >= 0.3 is 18.0 Å². The van der Waals surface area contributed by atoms with Crippen molar-refractivity contribution >= 4 is 11.6 Å². The molecule has 0 bridgehead atoms. The average molecular weight is 152 g/mol. The Morgan fingerprint density at radius 1 is 1.00 bits per heavy atom. The molecule has 0 atom stereocenters. The van der Waals surface area contributed by atoms with Crippen LogP contribution < -0.4 is 0 Å². The lowest BCUT2D eigenvalue weighted by Gasteiger charge is -1.82. The van der Waals surface area contributed by atoms with Gasteiger partial charge in [-0.15, -0.1) is 17.6 Å². The number of halogens is 4. The van der Waals surface area contributed by atoms with Gasteiger partial charge in [-0.05, 0) is 0 Å². The Morgan fingerprint density at radius 3 is 1.00 bits per heavy atom. The van der Waals surface area contributed by atoms with Crippen molar-refractivity contribution in [2.75, 3.05) is 0 Å². The fourth-order valence-corrected chi connectivity index (χ4v) is 0. The van der Waals surface area contributed by atoms with E-state index in [4.69, 9.17) is 8.42 Å². The number of alkyl halides is 4. The molecule has 0 unspecified atom stereocenters. The normalized spacial score (nSPS) is 9.00. The second-order valence-electron chi connectivity index (χ2n) is 0.497. The van der Waals surface area contributed by atoms with Crippen molar-refractivity contribution in [1.82, 2.24) is 0 Å². The maximum atomic E-state index is 9.69. The molecule has 0 heterocycles. The summed E-state index contributed by atoms with van der Waals surface area (Å²) in [5.41, 5.74) is 0. The van der Waals surface area contributed by atoms with Gasteiger partial charge in [-0.1, -0.05) is 0 Å². The molecule has 0 aliphatic rings. The second kappa shape index (κ2) is 4.69. The van der Waals surface area contributed by atoms with Gasteiger partial charge in [0.25, 0.3) is 0 Å². The molecule has 7 heteroatoms. The van der Waals surface area contributed by atoms with Gasteiger partial charge in [-0.25, -0.2) is 0 Å². The van der Waals surface area contributed by atoms with E-state index in [0.29, 0.717) is 0 Å². The number of hydrogen-bond acceptors (Lipinski definition) is 2. The first kappa shape index (κ1) is 10.5. The van der Waals surface area contributed by atoms with Gasteiger partial charge in [-0.2, -0.15) is 8.42 Å². The third kappa shape index (κ3) is 540. The summed E-state index contributed by atoms with van der Waals surface area (Å²) >= 11 is -0.750. The summed E-state index contributed by atoms with van der Waals surface area (Å²) in [6.07, 6.45) is -5.50. The molecule has 0 aromatic rings. The van der Waals surface area contributed by atoms with E-state index in [1.165, 1.54) is 0 Å². The summed E-state index contributed by atoms with van der Waals surface area (Å²) in [5.74, 6) is 0. The maximum Gasteiger partial charge on any atom is 0.559 e. The average Bonchev–Trinajstić information content (AvgIpc) is 1.27. The van der Waals surface area contributed by atoms with Crippen molar-refractivity contribution in [3.63, 3.8) is 0 Å². The van der Waals surface area contributed by atoms with E-state index in [0.717, 1.165) is 0 Å². The highest BCUT2D eigenvalue weighted by molar-refractivity contribution is 7.51. The molecule has 8 heavy (non-hydrogen) atoms. The van der Waals surface area contributed by atoms with Crippen molar-refractivity contribution < 1.29 is 26.0 Å². The second-order valence-corrected chi connectivity index (χ2v) is 0.633. The summed E-state index contributed by atoms with van der Waals surface area (Å²) in [4.78, 5) is 0. The number of hydrogen-bond donors (Lipinski definition) is 0. The molecular weight excluding hydrogens is 152 g/mol. The van der Waals surface area contributed by atoms with Crippen LogP contribution in [0.4, 0.5) is 17.6 Å². The van der Waals surface area contributed by atoms with Gasteiger partial charge in [0.1, 0.15) is 0 Å². The van der Waals surface area contributed by atoms with E-state index in [2.05, 4.69) is 0 Å². The van der Waals surface area contributed by atoms with Crippen molar-refractivity contribution in [3.05, 3.63) is 0 Å². The Kier molecular flexibility index (Phi) is 6.16. The predicted octanol–water partition coefficient (Wildman–Crippen LogP) is 0.805. The van der Waals surface area contributed by atoms with E-state index < -0.39 is 18.0 Å². The predicted molar refractivity (Wildman–Crippen MR) is 16.1 cm³/mol. The van der Waals surface area contributed by atoms with Crippen molar-refractivity contribution in [3.8, 4) is 0 Å². The first-order valence-corrected chi connectivity index (χ1v) is 1.76. The van der Waals surface area contributed by atoms with Crippen LogP contribution in [0.1, 0.15) is 0 Å². The summed E-state index contributed by atoms with van der Waals surface area (Å²) in [7, 11) is 0. The zero-order valence-corrected chi connectivity index (χ0v) is 4.05. The first-order chi connectivity index (χ1) is 3.41. The minimum absolute atomic E-state index is 0.750. The summed E-state index contributed by atoms with van der Waals surface area (Å²) in [6, 6.07) is 0. The van der Waals surface area contributed by atoms with E-state index in [1.54, 1.807) is 0 Å². The summed E-state index contributed by atoms with van der Waals surface area (Å²) in [5, 5.41) is 0. The molecule has 2 nitrogen and oxygen atoms in total. The maximum absolute atomic E-state index is 9.69. The lowest BCUT2D eigenvalue weighted by molar-refractivity contribution is -0.237. The molecular formula is CF4O2S. The van der Waals surface area contributed by atoms with E-state index in [9.17, 15) is 17.6 Å². The van der Waals surface area contributed by atoms with E-state index in [1.807, 2.05) is 0 Å². The lowest BCUT2D eigenvalue weighted by atomic mass is 11.5. The van der Waals surface area contributed by atoms with E-state index >= 15 is 0 Å². The minimum Gasteiger partial charge on any atom is -0.168 e. The van der Waals surface area contributed by atoms with Crippen LogP contribution in [0.25, 0.3) is 0 Å².